The first kappa shape index (κ1) is 14.8. The van der Waals surface area contributed by atoms with Gasteiger partial charge in [-0.1, -0.05) is 6.92 Å². The molecule has 1 aromatic heterocycles. The van der Waals surface area contributed by atoms with Gasteiger partial charge in [0, 0.05) is 31.1 Å². The maximum absolute atomic E-state index is 5.21. The van der Waals surface area contributed by atoms with E-state index in [9.17, 15) is 0 Å². The van der Waals surface area contributed by atoms with Crippen LogP contribution in [-0.2, 0) is 11.3 Å². The monoisotopic (exact) mass is 283 g/mol. The van der Waals surface area contributed by atoms with Crippen molar-refractivity contribution in [2.75, 3.05) is 31.7 Å². The Bertz CT molecular complexity index is 390. The molecule has 2 rings (SSSR count). The Balaban J connectivity index is 1.99. The van der Waals surface area contributed by atoms with Gasteiger partial charge in [-0.3, -0.25) is 0 Å². The van der Waals surface area contributed by atoms with E-state index in [1.807, 2.05) is 11.3 Å². The van der Waals surface area contributed by atoms with Crippen LogP contribution in [0.5, 0.6) is 0 Å². The van der Waals surface area contributed by atoms with E-state index in [0.29, 0.717) is 6.04 Å². The first-order valence-corrected chi connectivity index (χ1v) is 8.00. The number of ether oxygens (including phenoxy) is 1. The van der Waals surface area contributed by atoms with Crippen molar-refractivity contribution >= 4 is 16.5 Å². The Morgan fingerprint density at radius 2 is 2.26 bits per heavy atom. The number of methoxy groups -OCH3 is 1. The van der Waals surface area contributed by atoms with Gasteiger partial charge in [-0.05, 0) is 32.7 Å². The van der Waals surface area contributed by atoms with Crippen LogP contribution >= 0.6 is 11.3 Å². The Morgan fingerprint density at radius 3 is 2.89 bits per heavy atom. The largest absolute Gasteiger partial charge is 0.383 e. The minimum atomic E-state index is 0.692. The van der Waals surface area contributed by atoms with E-state index in [1.165, 1.54) is 35.0 Å². The van der Waals surface area contributed by atoms with Crippen molar-refractivity contribution in [1.82, 2.24) is 10.3 Å². The lowest BCUT2D eigenvalue weighted by Crippen LogP contribution is -2.29. The summed E-state index contributed by atoms with van der Waals surface area (Å²) < 4.78 is 5.21. The fourth-order valence-corrected chi connectivity index (χ4v) is 3.22. The number of nitrogens with one attached hydrogen (secondary N) is 1. The third-order valence-corrected chi connectivity index (χ3v) is 4.56. The first-order chi connectivity index (χ1) is 9.26. The maximum Gasteiger partial charge on any atom is 0.186 e. The third kappa shape index (κ3) is 4.16. The van der Waals surface area contributed by atoms with Crippen molar-refractivity contribution in [3.05, 3.63) is 10.6 Å². The van der Waals surface area contributed by atoms with Crippen LogP contribution in [0.15, 0.2) is 0 Å². The molecule has 1 saturated carbocycles. The molecule has 108 valence electrons. The van der Waals surface area contributed by atoms with Gasteiger partial charge in [-0.2, -0.15) is 0 Å². The molecule has 0 aliphatic heterocycles. The smallest absolute Gasteiger partial charge is 0.186 e. The van der Waals surface area contributed by atoms with E-state index in [-0.39, 0.29) is 0 Å². The molecule has 1 heterocycles. The quantitative estimate of drug-likeness (QED) is 0.707. The highest BCUT2D eigenvalue weighted by Crippen LogP contribution is 2.35. The molecule has 0 bridgehead atoms. The molecule has 1 N–H and O–H groups in total. The zero-order valence-electron chi connectivity index (χ0n) is 12.2. The summed E-state index contributed by atoms with van der Waals surface area (Å²) in [5.74, 6) is 0. The van der Waals surface area contributed by atoms with Crippen LogP contribution in [0.3, 0.4) is 0 Å². The molecule has 4 nitrogen and oxygen atoms in total. The number of aryl methyl sites for hydroxylation is 1. The normalized spacial score (nSPS) is 14.9. The molecule has 1 aliphatic rings. The molecule has 0 atom stereocenters. The summed E-state index contributed by atoms with van der Waals surface area (Å²) in [4.78, 5) is 8.54. The van der Waals surface area contributed by atoms with Crippen LogP contribution < -0.4 is 10.2 Å². The molecule has 5 heteroatoms. The highest BCUT2D eigenvalue weighted by Gasteiger charge is 2.31. The van der Waals surface area contributed by atoms with Gasteiger partial charge in [0.2, 0.25) is 0 Å². The SMILES string of the molecule is CCCNCc1sc(N(CCOC)C2CC2)nc1C. The van der Waals surface area contributed by atoms with Crippen molar-refractivity contribution in [2.24, 2.45) is 0 Å². The predicted molar refractivity (Wildman–Crippen MR) is 81.1 cm³/mol. The fourth-order valence-electron chi connectivity index (χ4n) is 2.09. The number of rotatable bonds is 9. The van der Waals surface area contributed by atoms with E-state index in [4.69, 9.17) is 9.72 Å². The lowest BCUT2D eigenvalue weighted by Gasteiger charge is -2.20. The zero-order chi connectivity index (χ0) is 13.7. The molecule has 0 radical (unpaired) electrons. The molecule has 0 spiro atoms. The summed E-state index contributed by atoms with van der Waals surface area (Å²) in [7, 11) is 1.76. The third-order valence-electron chi connectivity index (χ3n) is 3.36. The van der Waals surface area contributed by atoms with Crippen LogP contribution in [0.2, 0.25) is 0 Å². The van der Waals surface area contributed by atoms with Crippen LogP contribution in [-0.4, -0.2) is 37.8 Å². The zero-order valence-corrected chi connectivity index (χ0v) is 13.1. The van der Waals surface area contributed by atoms with Crippen molar-refractivity contribution < 1.29 is 4.74 Å². The van der Waals surface area contributed by atoms with E-state index >= 15 is 0 Å². The van der Waals surface area contributed by atoms with Gasteiger partial charge in [0.1, 0.15) is 0 Å². The minimum absolute atomic E-state index is 0.692. The summed E-state index contributed by atoms with van der Waals surface area (Å²) in [5, 5.41) is 4.63. The van der Waals surface area contributed by atoms with E-state index in [2.05, 4.69) is 24.1 Å². The molecule has 0 saturated heterocycles. The van der Waals surface area contributed by atoms with Crippen molar-refractivity contribution in [3.63, 3.8) is 0 Å². The summed E-state index contributed by atoms with van der Waals surface area (Å²) >= 11 is 1.83. The molecular weight excluding hydrogens is 258 g/mol. The van der Waals surface area contributed by atoms with Crippen molar-refractivity contribution in [2.45, 2.75) is 45.7 Å². The summed E-state index contributed by atoms with van der Waals surface area (Å²) in [6, 6.07) is 0.692. The molecule has 0 aromatic carbocycles. The Morgan fingerprint density at radius 1 is 1.47 bits per heavy atom. The van der Waals surface area contributed by atoms with Crippen molar-refractivity contribution in [1.29, 1.82) is 0 Å². The number of thiazole rings is 1. The van der Waals surface area contributed by atoms with Crippen LogP contribution in [0.1, 0.15) is 36.8 Å². The molecule has 1 fully saturated rings. The first-order valence-electron chi connectivity index (χ1n) is 7.18. The van der Waals surface area contributed by atoms with Gasteiger partial charge in [0.25, 0.3) is 0 Å². The lowest BCUT2D eigenvalue weighted by atomic mass is 10.4. The molecule has 1 aliphatic carbocycles. The number of anilines is 1. The average molecular weight is 283 g/mol. The Hall–Kier alpha value is -0.650. The molecule has 1 aromatic rings. The minimum Gasteiger partial charge on any atom is -0.383 e. The molecule has 19 heavy (non-hydrogen) atoms. The summed E-state index contributed by atoms with van der Waals surface area (Å²) in [6.07, 6.45) is 3.77. The van der Waals surface area contributed by atoms with Gasteiger partial charge >= 0.3 is 0 Å². The van der Waals surface area contributed by atoms with Gasteiger partial charge in [0.05, 0.1) is 12.3 Å². The van der Waals surface area contributed by atoms with Crippen LogP contribution in [0, 0.1) is 6.92 Å². The lowest BCUT2D eigenvalue weighted by molar-refractivity contribution is 0.205. The topological polar surface area (TPSA) is 37.4 Å². The average Bonchev–Trinajstić information content (AvgIpc) is 3.16. The standard InChI is InChI=1S/C14H25N3OS/c1-4-7-15-10-13-11(2)16-14(19-13)17(8-9-18-3)12-5-6-12/h12,15H,4-10H2,1-3H3. The fraction of sp³-hybridized carbons (Fsp3) is 0.786. The van der Waals surface area contributed by atoms with Gasteiger partial charge < -0.3 is 15.0 Å². The second-order valence-corrected chi connectivity index (χ2v) is 6.16. The maximum atomic E-state index is 5.21. The molecule has 0 unspecified atom stereocenters. The summed E-state index contributed by atoms with van der Waals surface area (Å²) in [6.45, 7) is 8.05. The van der Waals surface area contributed by atoms with Gasteiger partial charge in [-0.15, -0.1) is 11.3 Å². The molecular formula is C14H25N3OS. The van der Waals surface area contributed by atoms with Crippen LogP contribution in [0.4, 0.5) is 5.13 Å². The molecule has 0 amide bonds. The number of hydrogen-bond donors (Lipinski definition) is 1. The number of nitrogens with zero attached hydrogens (tertiary/aromatic N) is 2. The van der Waals surface area contributed by atoms with Gasteiger partial charge in [0.15, 0.2) is 5.13 Å². The van der Waals surface area contributed by atoms with E-state index in [1.54, 1.807) is 7.11 Å². The number of aromatic nitrogens is 1. The highest BCUT2D eigenvalue weighted by molar-refractivity contribution is 7.15. The van der Waals surface area contributed by atoms with E-state index in [0.717, 1.165) is 26.2 Å². The Kier molecular flexibility index (Phi) is 5.60. The highest BCUT2D eigenvalue weighted by atomic mass is 32.1. The predicted octanol–water partition coefficient (Wildman–Crippen LogP) is 2.57. The van der Waals surface area contributed by atoms with Gasteiger partial charge in [-0.25, -0.2) is 4.98 Å². The van der Waals surface area contributed by atoms with Crippen molar-refractivity contribution in [3.8, 4) is 0 Å². The Labute approximate surface area is 120 Å². The second kappa shape index (κ2) is 7.22. The van der Waals surface area contributed by atoms with Crippen LogP contribution in [0.25, 0.3) is 0 Å². The number of hydrogen-bond acceptors (Lipinski definition) is 5. The second-order valence-electron chi connectivity index (χ2n) is 5.10. The van der Waals surface area contributed by atoms with E-state index < -0.39 is 0 Å². The summed E-state index contributed by atoms with van der Waals surface area (Å²) in [5.41, 5.74) is 1.17.